The Hall–Kier alpha value is -2.38. The zero-order valence-electron chi connectivity index (χ0n) is 10.5. The van der Waals surface area contributed by atoms with Crippen LogP contribution in [-0.2, 0) is 6.54 Å². The Morgan fingerprint density at radius 3 is 2.68 bits per heavy atom. The van der Waals surface area contributed by atoms with Crippen molar-refractivity contribution in [2.45, 2.75) is 13.5 Å². The molecule has 0 fully saturated rings. The van der Waals surface area contributed by atoms with Gasteiger partial charge in [0.15, 0.2) is 0 Å². The third kappa shape index (κ3) is 2.90. The van der Waals surface area contributed by atoms with E-state index in [2.05, 4.69) is 6.07 Å². The Morgan fingerprint density at radius 2 is 2.05 bits per heavy atom. The van der Waals surface area contributed by atoms with Crippen LogP contribution in [0, 0.1) is 24.1 Å². The third-order valence-electron chi connectivity index (χ3n) is 2.76. The minimum Gasteiger partial charge on any atom is -0.456 e. The molecule has 0 saturated heterocycles. The molecule has 2 aromatic rings. The summed E-state index contributed by atoms with van der Waals surface area (Å²) < 4.78 is 18.8. The Morgan fingerprint density at radius 1 is 1.26 bits per heavy atom. The molecule has 0 radical (unpaired) electrons. The van der Waals surface area contributed by atoms with Crippen LogP contribution in [0.3, 0.4) is 0 Å². The number of aryl methyl sites for hydroxylation is 1. The fraction of sp³-hybridized carbons (Fsp3) is 0.133. The minimum absolute atomic E-state index is 0.286. The standard InChI is InChI=1S/C15H13FN2O/c1-10-6-13(3-4-14(10)16)19-15-5-2-11(8-17)7-12(15)9-18/h2-7H,8,17H2,1H3. The van der Waals surface area contributed by atoms with Crippen molar-refractivity contribution in [1.29, 1.82) is 5.26 Å². The zero-order chi connectivity index (χ0) is 13.8. The van der Waals surface area contributed by atoms with Gasteiger partial charge in [0.2, 0.25) is 0 Å². The maximum atomic E-state index is 13.2. The van der Waals surface area contributed by atoms with E-state index in [1.807, 2.05) is 0 Å². The smallest absolute Gasteiger partial charge is 0.145 e. The molecule has 0 aromatic heterocycles. The SMILES string of the molecule is Cc1cc(Oc2ccc(CN)cc2C#N)ccc1F. The summed E-state index contributed by atoms with van der Waals surface area (Å²) >= 11 is 0. The molecule has 3 nitrogen and oxygen atoms in total. The quantitative estimate of drug-likeness (QED) is 0.916. The first-order valence-electron chi connectivity index (χ1n) is 5.81. The number of halogens is 1. The fourth-order valence-corrected chi connectivity index (χ4v) is 1.69. The van der Waals surface area contributed by atoms with E-state index in [1.165, 1.54) is 12.1 Å². The number of nitrogens with two attached hydrogens (primary N) is 1. The predicted molar refractivity (Wildman–Crippen MR) is 70.3 cm³/mol. The summed E-state index contributed by atoms with van der Waals surface area (Å²) in [6.07, 6.45) is 0. The summed E-state index contributed by atoms with van der Waals surface area (Å²) in [6, 6.07) is 11.7. The van der Waals surface area contributed by atoms with Crippen LogP contribution in [0.25, 0.3) is 0 Å². The topological polar surface area (TPSA) is 59.0 Å². The van der Waals surface area contributed by atoms with Crippen LogP contribution >= 0.6 is 0 Å². The van der Waals surface area contributed by atoms with Crippen LogP contribution in [0.2, 0.25) is 0 Å². The molecule has 0 saturated carbocycles. The van der Waals surface area contributed by atoms with Crippen molar-refractivity contribution in [2.75, 3.05) is 0 Å². The van der Waals surface area contributed by atoms with Gasteiger partial charge < -0.3 is 10.5 Å². The molecule has 2 N–H and O–H groups in total. The first kappa shape index (κ1) is 13.1. The van der Waals surface area contributed by atoms with Gasteiger partial charge in [-0.15, -0.1) is 0 Å². The lowest BCUT2D eigenvalue weighted by Crippen LogP contribution is -1.97. The molecule has 0 aliphatic carbocycles. The molecule has 0 unspecified atom stereocenters. The average Bonchev–Trinajstić information content (AvgIpc) is 2.43. The van der Waals surface area contributed by atoms with Gasteiger partial charge in [-0.1, -0.05) is 6.07 Å². The molecule has 2 rings (SSSR count). The third-order valence-corrected chi connectivity index (χ3v) is 2.76. The Kier molecular flexibility index (Phi) is 3.79. The highest BCUT2D eigenvalue weighted by Crippen LogP contribution is 2.27. The van der Waals surface area contributed by atoms with Crippen molar-refractivity contribution < 1.29 is 9.13 Å². The molecular weight excluding hydrogens is 243 g/mol. The number of ether oxygens (including phenoxy) is 1. The summed E-state index contributed by atoms with van der Waals surface area (Å²) in [4.78, 5) is 0. The molecule has 0 amide bonds. The van der Waals surface area contributed by atoms with Crippen molar-refractivity contribution in [3.8, 4) is 17.6 Å². The van der Waals surface area contributed by atoms with E-state index in [4.69, 9.17) is 15.7 Å². The van der Waals surface area contributed by atoms with Crippen molar-refractivity contribution in [3.63, 3.8) is 0 Å². The van der Waals surface area contributed by atoms with E-state index in [9.17, 15) is 4.39 Å². The summed E-state index contributed by atoms with van der Waals surface area (Å²) in [7, 11) is 0. The Labute approximate surface area is 111 Å². The van der Waals surface area contributed by atoms with Gasteiger partial charge in [-0.2, -0.15) is 5.26 Å². The summed E-state index contributed by atoms with van der Waals surface area (Å²) in [5.74, 6) is 0.646. The number of hydrogen-bond donors (Lipinski definition) is 1. The second-order valence-electron chi connectivity index (χ2n) is 4.16. The summed E-state index contributed by atoms with van der Waals surface area (Å²) in [5, 5.41) is 9.08. The van der Waals surface area contributed by atoms with E-state index in [-0.39, 0.29) is 5.82 Å². The van der Waals surface area contributed by atoms with Gasteiger partial charge in [0.05, 0.1) is 5.56 Å². The van der Waals surface area contributed by atoms with Crippen molar-refractivity contribution in [1.82, 2.24) is 0 Å². The molecule has 2 aromatic carbocycles. The summed E-state index contributed by atoms with van der Waals surface area (Å²) in [6.45, 7) is 2.02. The number of nitriles is 1. The van der Waals surface area contributed by atoms with Crippen LogP contribution in [0.15, 0.2) is 36.4 Å². The average molecular weight is 256 g/mol. The maximum Gasteiger partial charge on any atom is 0.145 e. The molecule has 19 heavy (non-hydrogen) atoms. The molecule has 0 bridgehead atoms. The molecule has 0 aliphatic rings. The van der Waals surface area contributed by atoms with Crippen LogP contribution < -0.4 is 10.5 Å². The van der Waals surface area contributed by atoms with Crippen LogP contribution in [-0.4, -0.2) is 0 Å². The molecule has 0 heterocycles. The Bertz CT molecular complexity index is 647. The second-order valence-corrected chi connectivity index (χ2v) is 4.16. The highest BCUT2D eigenvalue weighted by molar-refractivity contribution is 5.47. The Balaban J connectivity index is 2.33. The van der Waals surface area contributed by atoms with Gasteiger partial charge in [-0.05, 0) is 48.4 Å². The van der Waals surface area contributed by atoms with Crippen LogP contribution in [0.5, 0.6) is 11.5 Å². The number of benzene rings is 2. The summed E-state index contributed by atoms with van der Waals surface area (Å²) in [5.41, 5.74) is 7.28. The monoisotopic (exact) mass is 256 g/mol. The highest BCUT2D eigenvalue weighted by Gasteiger charge is 2.07. The highest BCUT2D eigenvalue weighted by atomic mass is 19.1. The first-order chi connectivity index (χ1) is 9.13. The van der Waals surface area contributed by atoms with Gasteiger partial charge in [0, 0.05) is 6.54 Å². The molecule has 0 aliphatic heterocycles. The molecule has 0 atom stereocenters. The predicted octanol–water partition coefficient (Wildman–Crippen LogP) is 3.26. The van der Waals surface area contributed by atoms with Crippen molar-refractivity contribution in [3.05, 3.63) is 58.9 Å². The van der Waals surface area contributed by atoms with E-state index < -0.39 is 0 Å². The van der Waals surface area contributed by atoms with E-state index in [0.717, 1.165) is 5.56 Å². The fourth-order valence-electron chi connectivity index (χ4n) is 1.69. The van der Waals surface area contributed by atoms with Gasteiger partial charge in [0.1, 0.15) is 23.4 Å². The van der Waals surface area contributed by atoms with Crippen molar-refractivity contribution >= 4 is 0 Å². The first-order valence-corrected chi connectivity index (χ1v) is 5.81. The van der Waals surface area contributed by atoms with Crippen LogP contribution in [0.1, 0.15) is 16.7 Å². The maximum absolute atomic E-state index is 13.2. The van der Waals surface area contributed by atoms with Gasteiger partial charge in [0.25, 0.3) is 0 Å². The van der Waals surface area contributed by atoms with E-state index in [1.54, 1.807) is 31.2 Å². The van der Waals surface area contributed by atoms with Crippen LogP contribution in [0.4, 0.5) is 4.39 Å². The lowest BCUT2D eigenvalue weighted by Gasteiger charge is -2.09. The van der Waals surface area contributed by atoms with E-state index >= 15 is 0 Å². The minimum atomic E-state index is -0.286. The molecule has 4 heteroatoms. The number of nitrogens with zero attached hydrogens (tertiary/aromatic N) is 1. The van der Waals surface area contributed by atoms with Gasteiger partial charge in [-0.3, -0.25) is 0 Å². The molecular formula is C15H13FN2O. The molecule has 0 spiro atoms. The normalized spacial score (nSPS) is 10.0. The van der Waals surface area contributed by atoms with Gasteiger partial charge >= 0.3 is 0 Å². The molecule has 96 valence electrons. The van der Waals surface area contributed by atoms with E-state index in [0.29, 0.717) is 29.2 Å². The second kappa shape index (κ2) is 5.51. The largest absolute Gasteiger partial charge is 0.456 e. The zero-order valence-corrected chi connectivity index (χ0v) is 10.5. The van der Waals surface area contributed by atoms with Gasteiger partial charge in [-0.25, -0.2) is 4.39 Å². The van der Waals surface area contributed by atoms with Crippen molar-refractivity contribution in [2.24, 2.45) is 5.73 Å². The number of hydrogen-bond acceptors (Lipinski definition) is 3. The number of rotatable bonds is 3. The lowest BCUT2D eigenvalue weighted by molar-refractivity contribution is 0.478. The lowest BCUT2D eigenvalue weighted by atomic mass is 10.1.